The molecule has 1 aromatic carbocycles. The van der Waals surface area contributed by atoms with Gasteiger partial charge >= 0.3 is 0 Å². The number of hydrogen-bond acceptors (Lipinski definition) is 4. The van der Waals surface area contributed by atoms with Gasteiger partial charge in [-0.1, -0.05) is 26.0 Å². The molecule has 0 bridgehead atoms. The first kappa shape index (κ1) is 15.6. The third-order valence-corrected chi connectivity index (χ3v) is 3.86. The van der Waals surface area contributed by atoms with Crippen LogP contribution in [-0.4, -0.2) is 43.0 Å². The molecule has 3 rings (SSSR count). The van der Waals surface area contributed by atoms with Crippen molar-refractivity contribution in [2.75, 3.05) is 31.6 Å². The molecule has 122 valence electrons. The number of benzene rings is 1. The topological polar surface area (TPSA) is 71.8 Å². The number of carbonyl (C=O) groups is 2. The Kier molecular flexibility index (Phi) is 4.34. The van der Waals surface area contributed by atoms with E-state index in [0.717, 1.165) is 5.39 Å². The average molecular weight is 316 g/mol. The quantitative estimate of drug-likeness (QED) is 0.944. The van der Waals surface area contributed by atoms with E-state index in [1.165, 1.54) is 0 Å². The lowest BCUT2D eigenvalue weighted by Gasteiger charge is -2.26. The highest BCUT2D eigenvalue weighted by Crippen LogP contribution is 2.32. The van der Waals surface area contributed by atoms with Gasteiger partial charge in [0.15, 0.2) is 0 Å². The summed E-state index contributed by atoms with van der Waals surface area (Å²) in [6.07, 6.45) is 0. The number of furan rings is 1. The fourth-order valence-corrected chi connectivity index (χ4v) is 2.50. The highest BCUT2D eigenvalue weighted by atomic mass is 16.5. The normalized spacial score (nSPS) is 15.2. The molecule has 2 aromatic rings. The summed E-state index contributed by atoms with van der Waals surface area (Å²) in [6.45, 7) is 5.68. The molecule has 1 N–H and O–H groups in total. The maximum atomic E-state index is 12.8. The SMILES string of the molecule is CC(C)C(=O)Nc1c(C(=O)N2CCOCC2)oc2ccccc12. The van der Waals surface area contributed by atoms with E-state index in [4.69, 9.17) is 9.15 Å². The maximum Gasteiger partial charge on any atom is 0.291 e. The van der Waals surface area contributed by atoms with E-state index >= 15 is 0 Å². The molecule has 1 saturated heterocycles. The molecule has 0 spiro atoms. The Hall–Kier alpha value is -2.34. The van der Waals surface area contributed by atoms with Crippen LogP contribution in [0.2, 0.25) is 0 Å². The molecule has 0 unspecified atom stereocenters. The number of rotatable bonds is 3. The van der Waals surface area contributed by atoms with Crippen molar-refractivity contribution in [2.45, 2.75) is 13.8 Å². The van der Waals surface area contributed by atoms with E-state index in [0.29, 0.717) is 37.6 Å². The van der Waals surface area contributed by atoms with Gasteiger partial charge in [-0.15, -0.1) is 0 Å². The molecule has 6 heteroatoms. The van der Waals surface area contributed by atoms with E-state index in [9.17, 15) is 9.59 Å². The monoisotopic (exact) mass is 316 g/mol. The lowest BCUT2D eigenvalue weighted by molar-refractivity contribution is -0.118. The summed E-state index contributed by atoms with van der Waals surface area (Å²) in [6, 6.07) is 7.32. The van der Waals surface area contributed by atoms with E-state index in [-0.39, 0.29) is 23.5 Å². The zero-order valence-electron chi connectivity index (χ0n) is 13.3. The molecule has 23 heavy (non-hydrogen) atoms. The van der Waals surface area contributed by atoms with Crippen LogP contribution in [0.3, 0.4) is 0 Å². The van der Waals surface area contributed by atoms with Crippen molar-refractivity contribution in [3.8, 4) is 0 Å². The summed E-state index contributed by atoms with van der Waals surface area (Å²) >= 11 is 0. The Balaban J connectivity index is 2.00. The zero-order chi connectivity index (χ0) is 16.4. The molecule has 6 nitrogen and oxygen atoms in total. The summed E-state index contributed by atoms with van der Waals surface area (Å²) in [5.41, 5.74) is 1.04. The van der Waals surface area contributed by atoms with Gasteiger partial charge in [0.1, 0.15) is 11.3 Å². The molecule has 1 aliphatic heterocycles. The van der Waals surface area contributed by atoms with Gasteiger partial charge in [0.25, 0.3) is 5.91 Å². The molecule has 0 saturated carbocycles. The van der Waals surface area contributed by atoms with E-state index in [1.54, 1.807) is 24.8 Å². The molecule has 2 heterocycles. The first-order valence-corrected chi connectivity index (χ1v) is 7.77. The second-order valence-corrected chi connectivity index (χ2v) is 5.85. The van der Waals surface area contributed by atoms with Gasteiger partial charge in [-0.05, 0) is 12.1 Å². The van der Waals surface area contributed by atoms with Crippen LogP contribution >= 0.6 is 0 Å². The van der Waals surface area contributed by atoms with Gasteiger partial charge in [-0.2, -0.15) is 0 Å². The van der Waals surface area contributed by atoms with E-state index < -0.39 is 0 Å². The number of nitrogens with zero attached hydrogens (tertiary/aromatic N) is 1. The van der Waals surface area contributed by atoms with E-state index in [1.807, 2.05) is 18.2 Å². The fourth-order valence-electron chi connectivity index (χ4n) is 2.50. The molecule has 1 fully saturated rings. The maximum absolute atomic E-state index is 12.8. The van der Waals surface area contributed by atoms with Crippen LogP contribution in [0.25, 0.3) is 11.0 Å². The summed E-state index contributed by atoms with van der Waals surface area (Å²) in [4.78, 5) is 26.6. The number of anilines is 1. The standard InChI is InChI=1S/C17H20N2O4/c1-11(2)16(20)18-14-12-5-3-4-6-13(12)23-15(14)17(21)19-7-9-22-10-8-19/h3-6,11H,7-10H2,1-2H3,(H,18,20). The zero-order valence-corrected chi connectivity index (χ0v) is 13.3. The molecule has 2 amide bonds. The third kappa shape index (κ3) is 3.07. The Morgan fingerprint density at radius 2 is 1.87 bits per heavy atom. The average Bonchev–Trinajstić information content (AvgIpc) is 2.93. The fraction of sp³-hybridized carbons (Fsp3) is 0.412. The molecule has 1 aliphatic rings. The van der Waals surface area contributed by atoms with E-state index in [2.05, 4.69) is 5.32 Å². The van der Waals surface area contributed by atoms with Gasteiger partial charge in [0, 0.05) is 24.4 Å². The van der Waals surface area contributed by atoms with Crippen LogP contribution in [0, 0.1) is 5.92 Å². The highest BCUT2D eigenvalue weighted by Gasteiger charge is 2.27. The Morgan fingerprint density at radius 1 is 1.17 bits per heavy atom. The molecular weight excluding hydrogens is 296 g/mol. The molecular formula is C17H20N2O4. The van der Waals surface area contributed by atoms with Crippen molar-refractivity contribution in [1.82, 2.24) is 4.90 Å². The van der Waals surface area contributed by atoms with Crippen molar-refractivity contribution in [2.24, 2.45) is 5.92 Å². The van der Waals surface area contributed by atoms with Crippen LogP contribution < -0.4 is 5.32 Å². The molecule has 0 aliphatic carbocycles. The second-order valence-electron chi connectivity index (χ2n) is 5.85. The predicted octanol–water partition coefficient (Wildman–Crippen LogP) is 2.50. The summed E-state index contributed by atoms with van der Waals surface area (Å²) < 4.78 is 11.0. The van der Waals surface area contributed by atoms with Gasteiger partial charge in [-0.25, -0.2) is 0 Å². The van der Waals surface area contributed by atoms with Crippen molar-refractivity contribution in [3.63, 3.8) is 0 Å². The number of morpholine rings is 1. The minimum absolute atomic E-state index is 0.146. The summed E-state index contributed by atoms with van der Waals surface area (Å²) in [7, 11) is 0. The molecule has 0 atom stereocenters. The minimum Gasteiger partial charge on any atom is -0.449 e. The lowest BCUT2D eigenvalue weighted by Crippen LogP contribution is -2.40. The number of ether oxygens (including phenoxy) is 1. The lowest BCUT2D eigenvalue weighted by atomic mass is 10.1. The largest absolute Gasteiger partial charge is 0.449 e. The summed E-state index contributed by atoms with van der Waals surface area (Å²) in [5.74, 6) is -0.367. The van der Waals surface area contributed by atoms with Crippen molar-refractivity contribution in [1.29, 1.82) is 0 Å². The van der Waals surface area contributed by atoms with Crippen molar-refractivity contribution < 1.29 is 18.7 Å². The second kappa shape index (κ2) is 6.42. The first-order chi connectivity index (χ1) is 11.1. The first-order valence-electron chi connectivity index (χ1n) is 7.77. The number of fused-ring (bicyclic) bond motifs is 1. The molecule has 1 aromatic heterocycles. The van der Waals surface area contributed by atoms with Gasteiger partial charge in [-0.3, -0.25) is 9.59 Å². The Morgan fingerprint density at radius 3 is 2.57 bits per heavy atom. The Labute approximate surface area is 134 Å². The third-order valence-electron chi connectivity index (χ3n) is 3.86. The van der Waals surface area contributed by atoms with Gasteiger partial charge < -0.3 is 19.4 Å². The highest BCUT2D eigenvalue weighted by molar-refractivity contribution is 6.11. The summed E-state index contributed by atoms with van der Waals surface area (Å²) in [5, 5.41) is 3.58. The number of amides is 2. The van der Waals surface area contributed by atoms with Gasteiger partial charge in [0.2, 0.25) is 11.7 Å². The van der Waals surface area contributed by atoms with Crippen molar-refractivity contribution >= 4 is 28.5 Å². The minimum atomic E-state index is -0.219. The van der Waals surface area contributed by atoms with Crippen molar-refractivity contribution in [3.05, 3.63) is 30.0 Å². The van der Waals surface area contributed by atoms with Crippen LogP contribution in [0.5, 0.6) is 0 Å². The van der Waals surface area contributed by atoms with Crippen LogP contribution in [0.4, 0.5) is 5.69 Å². The number of carbonyl (C=O) groups excluding carboxylic acids is 2. The predicted molar refractivity (Wildman–Crippen MR) is 86.4 cm³/mol. The molecule has 0 radical (unpaired) electrons. The van der Waals surface area contributed by atoms with Crippen LogP contribution in [0.15, 0.2) is 28.7 Å². The van der Waals surface area contributed by atoms with Gasteiger partial charge in [0.05, 0.1) is 13.2 Å². The number of nitrogens with one attached hydrogen (secondary N) is 1. The smallest absolute Gasteiger partial charge is 0.291 e. The number of hydrogen-bond donors (Lipinski definition) is 1. The Bertz CT molecular complexity index is 729. The number of para-hydroxylation sites is 1. The van der Waals surface area contributed by atoms with Crippen LogP contribution in [0.1, 0.15) is 24.4 Å². The van der Waals surface area contributed by atoms with Crippen LogP contribution in [-0.2, 0) is 9.53 Å².